The van der Waals surface area contributed by atoms with Crippen LogP contribution < -0.4 is 19.5 Å². The van der Waals surface area contributed by atoms with Crippen molar-refractivity contribution >= 4 is 0 Å². The molecule has 0 saturated carbocycles. The van der Waals surface area contributed by atoms with Crippen LogP contribution in [0.3, 0.4) is 0 Å². The maximum Gasteiger partial charge on any atom is 0.203 e. The molecular weight excluding hydrogens is 268 g/mol. The van der Waals surface area contributed by atoms with E-state index in [9.17, 15) is 0 Å². The fourth-order valence-electron chi connectivity index (χ4n) is 2.71. The lowest BCUT2D eigenvalue weighted by Gasteiger charge is -2.29. The standard InChI is InChI=1S/C16H26N2O3/c1-18-7-5-13(6-8-18)17-11-12-9-14(19-2)16(21-4)15(10-12)20-3/h9-10,13,17H,5-8,11H2,1-4H3. The molecule has 1 aliphatic rings. The van der Waals surface area contributed by atoms with E-state index in [1.807, 2.05) is 12.1 Å². The molecule has 1 fully saturated rings. The largest absolute Gasteiger partial charge is 0.493 e. The molecule has 0 radical (unpaired) electrons. The lowest BCUT2D eigenvalue weighted by molar-refractivity contribution is 0.234. The maximum atomic E-state index is 5.39. The molecule has 118 valence electrons. The quantitative estimate of drug-likeness (QED) is 0.868. The number of nitrogens with one attached hydrogen (secondary N) is 1. The minimum absolute atomic E-state index is 0.584. The Morgan fingerprint density at radius 2 is 1.62 bits per heavy atom. The molecule has 1 aliphatic heterocycles. The molecule has 0 unspecified atom stereocenters. The molecule has 0 atom stereocenters. The topological polar surface area (TPSA) is 43.0 Å². The Bertz CT molecular complexity index is 432. The minimum atomic E-state index is 0.584. The van der Waals surface area contributed by atoms with E-state index < -0.39 is 0 Å². The van der Waals surface area contributed by atoms with Gasteiger partial charge in [0.15, 0.2) is 11.5 Å². The van der Waals surface area contributed by atoms with Crippen LogP contribution in [0.1, 0.15) is 18.4 Å². The van der Waals surface area contributed by atoms with Crippen LogP contribution in [0.25, 0.3) is 0 Å². The number of hydrogen-bond acceptors (Lipinski definition) is 5. The summed E-state index contributed by atoms with van der Waals surface area (Å²) in [6.07, 6.45) is 2.39. The van der Waals surface area contributed by atoms with Crippen LogP contribution in [0.2, 0.25) is 0 Å². The van der Waals surface area contributed by atoms with Gasteiger partial charge in [-0.15, -0.1) is 0 Å². The Labute approximate surface area is 127 Å². The summed E-state index contributed by atoms with van der Waals surface area (Å²) < 4.78 is 16.1. The van der Waals surface area contributed by atoms with Crippen LogP contribution in [0.5, 0.6) is 17.2 Å². The van der Waals surface area contributed by atoms with Gasteiger partial charge in [0, 0.05) is 12.6 Å². The normalized spacial score (nSPS) is 16.8. The average Bonchev–Trinajstić information content (AvgIpc) is 2.53. The number of ether oxygens (including phenoxy) is 3. The highest BCUT2D eigenvalue weighted by Crippen LogP contribution is 2.38. The first-order valence-electron chi connectivity index (χ1n) is 7.38. The number of methoxy groups -OCH3 is 3. The van der Waals surface area contributed by atoms with E-state index in [-0.39, 0.29) is 0 Å². The van der Waals surface area contributed by atoms with Gasteiger partial charge in [-0.05, 0) is 50.7 Å². The predicted octanol–water partition coefficient (Wildman–Crippen LogP) is 1.90. The molecule has 1 aromatic carbocycles. The SMILES string of the molecule is COc1cc(CNC2CCN(C)CC2)cc(OC)c1OC. The van der Waals surface area contributed by atoms with Crippen molar-refractivity contribution in [3.8, 4) is 17.2 Å². The summed E-state index contributed by atoms with van der Waals surface area (Å²) in [6.45, 7) is 3.13. The zero-order chi connectivity index (χ0) is 15.2. The molecule has 0 spiro atoms. The van der Waals surface area contributed by atoms with Crippen LogP contribution in [0.15, 0.2) is 12.1 Å². The summed E-state index contributed by atoms with van der Waals surface area (Å²) in [6, 6.07) is 4.59. The third-order valence-corrected chi connectivity index (χ3v) is 4.04. The Balaban J connectivity index is 2.02. The van der Waals surface area contributed by atoms with Gasteiger partial charge in [-0.25, -0.2) is 0 Å². The summed E-state index contributed by atoms with van der Waals surface area (Å²) in [4.78, 5) is 2.37. The lowest BCUT2D eigenvalue weighted by atomic mass is 10.0. The van der Waals surface area contributed by atoms with Crippen molar-refractivity contribution in [2.45, 2.75) is 25.4 Å². The summed E-state index contributed by atoms with van der Waals surface area (Å²) in [5.41, 5.74) is 1.14. The second-order valence-electron chi connectivity index (χ2n) is 5.49. The van der Waals surface area contributed by atoms with Gasteiger partial charge in [0.25, 0.3) is 0 Å². The molecule has 1 heterocycles. The fourth-order valence-corrected chi connectivity index (χ4v) is 2.71. The minimum Gasteiger partial charge on any atom is -0.493 e. The highest BCUT2D eigenvalue weighted by molar-refractivity contribution is 5.53. The van der Waals surface area contributed by atoms with Crippen LogP contribution in [0.4, 0.5) is 0 Å². The van der Waals surface area contributed by atoms with Crippen molar-refractivity contribution in [2.24, 2.45) is 0 Å². The average molecular weight is 294 g/mol. The lowest BCUT2D eigenvalue weighted by Crippen LogP contribution is -2.40. The van der Waals surface area contributed by atoms with Gasteiger partial charge in [-0.2, -0.15) is 0 Å². The molecule has 5 nitrogen and oxygen atoms in total. The molecule has 1 aromatic rings. The molecule has 0 bridgehead atoms. The van der Waals surface area contributed by atoms with Gasteiger partial charge >= 0.3 is 0 Å². The Morgan fingerprint density at radius 3 is 2.10 bits per heavy atom. The first-order chi connectivity index (χ1) is 10.2. The Hall–Kier alpha value is -1.46. The van der Waals surface area contributed by atoms with Crippen LogP contribution >= 0.6 is 0 Å². The van der Waals surface area contributed by atoms with E-state index in [1.165, 1.54) is 12.8 Å². The van der Waals surface area contributed by atoms with Crippen LogP contribution in [-0.4, -0.2) is 52.4 Å². The van der Waals surface area contributed by atoms with E-state index in [0.717, 1.165) is 25.2 Å². The third-order valence-electron chi connectivity index (χ3n) is 4.04. The summed E-state index contributed by atoms with van der Waals surface area (Å²) in [7, 11) is 7.09. The molecular formula is C16H26N2O3. The van der Waals surface area contributed by atoms with E-state index in [4.69, 9.17) is 14.2 Å². The van der Waals surface area contributed by atoms with Crippen molar-refractivity contribution < 1.29 is 14.2 Å². The molecule has 1 saturated heterocycles. The van der Waals surface area contributed by atoms with Gasteiger partial charge < -0.3 is 24.4 Å². The highest BCUT2D eigenvalue weighted by atomic mass is 16.5. The highest BCUT2D eigenvalue weighted by Gasteiger charge is 2.17. The number of benzene rings is 1. The monoisotopic (exact) mass is 294 g/mol. The Kier molecular flexibility index (Phi) is 5.70. The molecule has 5 heteroatoms. The van der Waals surface area contributed by atoms with Crippen molar-refractivity contribution in [1.82, 2.24) is 10.2 Å². The summed E-state index contributed by atoms with van der Waals surface area (Å²) in [5, 5.41) is 3.62. The van der Waals surface area contributed by atoms with Crippen molar-refractivity contribution in [3.05, 3.63) is 17.7 Å². The maximum absolute atomic E-state index is 5.39. The zero-order valence-electron chi connectivity index (χ0n) is 13.4. The summed E-state index contributed by atoms with van der Waals surface area (Å²) >= 11 is 0. The number of hydrogen-bond donors (Lipinski definition) is 1. The van der Waals surface area contributed by atoms with E-state index in [2.05, 4.69) is 17.3 Å². The molecule has 0 amide bonds. The van der Waals surface area contributed by atoms with E-state index in [0.29, 0.717) is 23.3 Å². The number of likely N-dealkylation sites (tertiary alicyclic amines) is 1. The van der Waals surface area contributed by atoms with E-state index in [1.54, 1.807) is 21.3 Å². The Morgan fingerprint density at radius 1 is 1.05 bits per heavy atom. The zero-order valence-corrected chi connectivity index (χ0v) is 13.4. The smallest absolute Gasteiger partial charge is 0.203 e. The molecule has 21 heavy (non-hydrogen) atoms. The molecule has 1 N–H and O–H groups in total. The van der Waals surface area contributed by atoms with Gasteiger partial charge in [0.05, 0.1) is 21.3 Å². The molecule has 0 aliphatic carbocycles. The summed E-state index contributed by atoms with van der Waals surface area (Å²) in [5.74, 6) is 2.05. The third kappa shape index (κ3) is 4.02. The van der Waals surface area contributed by atoms with Crippen molar-refractivity contribution in [1.29, 1.82) is 0 Å². The van der Waals surface area contributed by atoms with Crippen LogP contribution in [0, 0.1) is 0 Å². The second kappa shape index (κ2) is 7.52. The first kappa shape index (κ1) is 15.9. The van der Waals surface area contributed by atoms with Crippen molar-refractivity contribution in [3.63, 3.8) is 0 Å². The number of rotatable bonds is 6. The van der Waals surface area contributed by atoms with Gasteiger partial charge in [-0.1, -0.05) is 0 Å². The number of piperidine rings is 1. The van der Waals surface area contributed by atoms with Gasteiger partial charge in [-0.3, -0.25) is 0 Å². The molecule has 0 aromatic heterocycles. The first-order valence-corrected chi connectivity index (χ1v) is 7.38. The van der Waals surface area contributed by atoms with E-state index >= 15 is 0 Å². The fraction of sp³-hybridized carbons (Fsp3) is 0.625. The van der Waals surface area contributed by atoms with Gasteiger partial charge in [0.1, 0.15) is 0 Å². The predicted molar refractivity (Wildman–Crippen MR) is 83.5 cm³/mol. The second-order valence-corrected chi connectivity index (χ2v) is 5.49. The van der Waals surface area contributed by atoms with Gasteiger partial charge in [0.2, 0.25) is 5.75 Å². The van der Waals surface area contributed by atoms with Crippen LogP contribution in [-0.2, 0) is 6.54 Å². The van der Waals surface area contributed by atoms with Crippen molar-refractivity contribution in [2.75, 3.05) is 41.5 Å². The number of nitrogens with zero attached hydrogens (tertiary/aromatic N) is 1. The molecule has 2 rings (SSSR count).